The Bertz CT molecular complexity index is 419. The van der Waals surface area contributed by atoms with Crippen molar-refractivity contribution in [3.63, 3.8) is 0 Å². The van der Waals surface area contributed by atoms with Crippen LogP contribution in [-0.2, 0) is 0 Å². The standard InChI is InChI=1S/C15H22BrNO/c1-10-4-5-11(2)17(9-10)15-7-6-13(12(3)18)8-14(15)16/h6-8,10-12,18H,4-5,9H2,1-3H3/t10?,11?,12-/m1/s1. The van der Waals surface area contributed by atoms with Gasteiger partial charge in [0.25, 0.3) is 0 Å². The van der Waals surface area contributed by atoms with Crippen LogP contribution >= 0.6 is 15.9 Å². The predicted molar refractivity (Wildman–Crippen MR) is 80.0 cm³/mol. The molecule has 1 aromatic carbocycles. The molecule has 1 aromatic rings. The summed E-state index contributed by atoms with van der Waals surface area (Å²) in [5.41, 5.74) is 2.21. The molecule has 3 atom stereocenters. The van der Waals surface area contributed by atoms with Crippen molar-refractivity contribution in [3.05, 3.63) is 28.2 Å². The van der Waals surface area contributed by atoms with Crippen molar-refractivity contribution in [1.82, 2.24) is 0 Å². The largest absolute Gasteiger partial charge is 0.389 e. The van der Waals surface area contributed by atoms with Crippen LogP contribution in [0.2, 0.25) is 0 Å². The van der Waals surface area contributed by atoms with Gasteiger partial charge in [-0.3, -0.25) is 0 Å². The molecule has 2 rings (SSSR count). The highest BCUT2D eigenvalue weighted by Crippen LogP contribution is 2.34. The number of hydrogen-bond acceptors (Lipinski definition) is 2. The highest BCUT2D eigenvalue weighted by molar-refractivity contribution is 9.10. The lowest BCUT2D eigenvalue weighted by Gasteiger charge is -2.39. The van der Waals surface area contributed by atoms with Gasteiger partial charge in [0, 0.05) is 17.1 Å². The van der Waals surface area contributed by atoms with E-state index in [1.165, 1.54) is 18.5 Å². The topological polar surface area (TPSA) is 23.5 Å². The van der Waals surface area contributed by atoms with E-state index in [1.54, 1.807) is 6.92 Å². The average Bonchev–Trinajstić information content (AvgIpc) is 2.32. The van der Waals surface area contributed by atoms with Crippen LogP contribution in [0.4, 0.5) is 5.69 Å². The van der Waals surface area contributed by atoms with Crippen LogP contribution in [0, 0.1) is 5.92 Å². The highest BCUT2D eigenvalue weighted by atomic mass is 79.9. The van der Waals surface area contributed by atoms with Gasteiger partial charge >= 0.3 is 0 Å². The fourth-order valence-electron chi connectivity index (χ4n) is 2.64. The van der Waals surface area contributed by atoms with E-state index in [2.05, 4.69) is 40.7 Å². The maximum atomic E-state index is 9.61. The molecule has 1 heterocycles. The van der Waals surface area contributed by atoms with Gasteiger partial charge in [-0.25, -0.2) is 0 Å². The highest BCUT2D eigenvalue weighted by Gasteiger charge is 2.24. The second-order valence-electron chi connectivity index (χ2n) is 5.57. The molecule has 1 aliphatic heterocycles. The van der Waals surface area contributed by atoms with Gasteiger partial charge in [-0.1, -0.05) is 13.0 Å². The van der Waals surface area contributed by atoms with Crippen molar-refractivity contribution >= 4 is 21.6 Å². The Labute approximate surface area is 118 Å². The quantitative estimate of drug-likeness (QED) is 0.887. The first kappa shape index (κ1) is 13.9. The summed E-state index contributed by atoms with van der Waals surface area (Å²) in [6.07, 6.45) is 2.17. The number of hydrogen-bond donors (Lipinski definition) is 1. The Balaban J connectivity index is 2.27. The Morgan fingerprint density at radius 1 is 1.33 bits per heavy atom. The molecule has 1 N–H and O–H groups in total. The van der Waals surface area contributed by atoms with Gasteiger partial charge in [0.1, 0.15) is 0 Å². The average molecular weight is 312 g/mol. The third kappa shape index (κ3) is 2.89. The third-order valence-electron chi connectivity index (χ3n) is 3.88. The summed E-state index contributed by atoms with van der Waals surface area (Å²) in [4.78, 5) is 2.48. The maximum absolute atomic E-state index is 9.61. The SMILES string of the molecule is CC1CCC(C)N(c2ccc([C@@H](C)O)cc2Br)C1. The first-order valence-corrected chi connectivity index (χ1v) is 7.52. The number of nitrogens with zero attached hydrogens (tertiary/aromatic N) is 1. The molecule has 0 aromatic heterocycles. The number of aliphatic hydroxyl groups excluding tert-OH is 1. The normalized spacial score (nSPS) is 26.2. The molecule has 1 aliphatic rings. The second kappa shape index (κ2) is 5.62. The molecule has 100 valence electrons. The van der Waals surface area contributed by atoms with Crippen molar-refractivity contribution in [2.24, 2.45) is 5.92 Å². The zero-order chi connectivity index (χ0) is 13.3. The number of halogens is 1. The Morgan fingerprint density at radius 3 is 2.67 bits per heavy atom. The summed E-state index contributed by atoms with van der Waals surface area (Å²) in [5, 5.41) is 9.61. The molecule has 3 heteroatoms. The van der Waals surface area contributed by atoms with Crippen LogP contribution in [0.25, 0.3) is 0 Å². The van der Waals surface area contributed by atoms with Gasteiger partial charge in [0.15, 0.2) is 0 Å². The summed E-state index contributed by atoms with van der Waals surface area (Å²) in [5.74, 6) is 0.754. The zero-order valence-corrected chi connectivity index (χ0v) is 12.9. The van der Waals surface area contributed by atoms with Gasteiger partial charge in [-0.2, -0.15) is 0 Å². The van der Waals surface area contributed by atoms with Crippen molar-refractivity contribution in [2.75, 3.05) is 11.4 Å². The van der Waals surface area contributed by atoms with Crippen LogP contribution in [0.5, 0.6) is 0 Å². The molecule has 0 amide bonds. The minimum atomic E-state index is -0.409. The monoisotopic (exact) mass is 311 g/mol. The third-order valence-corrected chi connectivity index (χ3v) is 4.52. The minimum Gasteiger partial charge on any atom is -0.389 e. The summed E-state index contributed by atoms with van der Waals surface area (Å²) >= 11 is 3.65. The Kier molecular flexibility index (Phi) is 4.33. The van der Waals surface area contributed by atoms with E-state index in [0.717, 1.165) is 22.5 Å². The van der Waals surface area contributed by atoms with Gasteiger partial charge in [0.05, 0.1) is 11.8 Å². The Morgan fingerprint density at radius 2 is 2.06 bits per heavy atom. The molecular weight excluding hydrogens is 290 g/mol. The lowest BCUT2D eigenvalue weighted by molar-refractivity contribution is 0.199. The molecule has 0 spiro atoms. The lowest BCUT2D eigenvalue weighted by Crippen LogP contribution is -2.41. The summed E-state index contributed by atoms with van der Waals surface area (Å²) < 4.78 is 1.09. The number of rotatable bonds is 2. The first-order chi connectivity index (χ1) is 8.49. The molecule has 1 saturated heterocycles. The molecule has 2 unspecified atom stereocenters. The molecular formula is C15H22BrNO. The lowest BCUT2D eigenvalue weighted by atomic mass is 9.94. The fourth-order valence-corrected chi connectivity index (χ4v) is 3.26. The van der Waals surface area contributed by atoms with E-state index in [0.29, 0.717) is 6.04 Å². The summed E-state index contributed by atoms with van der Waals surface area (Å²) in [7, 11) is 0. The van der Waals surface area contributed by atoms with Crippen molar-refractivity contribution in [1.29, 1.82) is 0 Å². The molecule has 0 bridgehead atoms. The first-order valence-electron chi connectivity index (χ1n) is 6.73. The zero-order valence-electron chi connectivity index (χ0n) is 11.4. The van der Waals surface area contributed by atoms with Gasteiger partial charge in [-0.05, 0) is 66.2 Å². The number of anilines is 1. The smallest absolute Gasteiger partial charge is 0.0762 e. The summed E-state index contributed by atoms with van der Waals surface area (Å²) in [6.45, 7) is 7.53. The molecule has 0 aliphatic carbocycles. The molecule has 0 radical (unpaired) electrons. The molecule has 1 fully saturated rings. The van der Waals surface area contributed by atoms with Crippen LogP contribution in [0.1, 0.15) is 45.3 Å². The van der Waals surface area contributed by atoms with Crippen LogP contribution in [0.15, 0.2) is 22.7 Å². The Hall–Kier alpha value is -0.540. The van der Waals surface area contributed by atoms with Gasteiger partial charge < -0.3 is 10.0 Å². The van der Waals surface area contributed by atoms with E-state index in [1.807, 2.05) is 12.1 Å². The van der Waals surface area contributed by atoms with E-state index in [4.69, 9.17) is 0 Å². The van der Waals surface area contributed by atoms with Gasteiger partial charge in [0.2, 0.25) is 0 Å². The van der Waals surface area contributed by atoms with E-state index >= 15 is 0 Å². The van der Waals surface area contributed by atoms with Crippen molar-refractivity contribution in [2.45, 2.75) is 45.8 Å². The van der Waals surface area contributed by atoms with E-state index in [-0.39, 0.29) is 0 Å². The molecule has 0 saturated carbocycles. The van der Waals surface area contributed by atoms with Crippen LogP contribution < -0.4 is 4.90 Å². The maximum Gasteiger partial charge on any atom is 0.0762 e. The number of piperidine rings is 1. The second-order valence-corrected chi connectivity index (χ2v) is 6.43. The van der Waals surface area contributed by atoms with E-state index in [9.17, 15) is 5.11 Å². The van der Waals surface area contributed by atoms with Crippen molar-refractivity contribution in [3.8, 4) is 0 Å². The van der Waals surface area contributed by atoms with Crippen LogP contribution in [0.3, 0.4) is 0 Å². The molecule has 2 nitrogen and oxygen atoms in total. The van der Waals surface area contributed by atoms with E-state index < -0.39 is 6.10 Å². The van der Waals surface area contributed by atoms with Gasteiger partial charge in [-0.15, -0.1) is 0 Å². The fraction of sp³-hybridized carbons (Fsp3) is 0.600. The minimum absolute atomic E-state index is 0.409. The summed E-state index contributed by atoms with van der Waals surface area (Å²) in [6, 6.07) is 6.78. The van der Waals surface area contributed by atoms with Crippen LogP contribution in [-0.4, -0.2) is 17.7 Å². The number of aliphatic hydroxyl groups is 1. The predicted octanol–water partition coefficient (Wildman–Crippen LogP) is 4.13. The number of benzene rings is 1. The molecule has 18 heavy (non-hydrogen) atoms. The van der Waals surface area contributed by atoms with Crippen molar-refractivity contribution < 1.29 is 5.11 Å².